The third kappa shape index (κ3) is 3.45. The Morgan fingerprint density at radius 1 is 1.36 bits per heavy atom. The van der Waals surface area contributed by atoms with Crippen LogP contribution in [0.15, 0.2) is 46.3 Å². The molecule has 3 aromatic rings. The molecule has 3 rings (SSSR count). The average molecular weight is 376 g/mol. The zero-order valence-corrected chi connectivity index (χ0v) is 14.2. The minimum Gasteiger partial charge on any atom is -0.343 e. The van der Waals surface area contributed by atoms with Gasteiger partial charge in [-0.15, -0.1) is 11.3 Å². The summed E-state index contributed by atoms with van der Waals surface area (Å²) in [7, 11) is 0. The maximum absolute atomic E-state index is 12.0. The molecule has 0 aliphatic rings. The lowest BCUT2D eigenvalue weighted by Crippen LogP contribution is -2.25. The number of benzene rings is 1. The van der Waals surface area contributed by atoms with Gasteiger partial charge in [0.25, 0.3) is 0 Å². The Morgan fingerprint density at radius 2 is 2.18 bits per heavy atom. The van der Waals surface area contributed by atoms with Gasteiger partial charge in [0.05, 0.1) is 20.9 Å². The first-order chi connectivity index (χ1) is 10.6. The number of imidazole rings is 1. The molecule has 2 heterocycles. The molecule has 1 unspecified atom stereocenters. The number of halogens is 1. The van der Waals surface area contributed by atoms with Crippen LogP contribution in [-0.4, -0.2) is 15.9 Å². The number of para-hydroxylation sites is 2. The van der Waals surface area contributed by atoms with Crippen LogP contribution in [0.1, 0.15) is 23.7 Å². The fourth-order valence-corrected chi connectivity index (χ4v) is 3.41. The van der Waals surface area contributed by atoms with Crippen molar-refractivity contribution in [1.82, 2.24) is 15.3 Å². The van der Waals surface area contributed by atoms with Crippen LogP contribution in [0, 0.1) is 0 Å². The fourth-order valence-electron chi connectivity index (χ4n) is 2.08. The molecule has 2 N–H and O–H groups in total. The number of fused-ring (bicyclic) bond motifs is 1. The van der Waals surface area contributed by atoms with Crippen molar-refractivity contribution in [2.45, 2.75) is 13.0 Å². The minimum atomic E-state index is -0.181. The van der Waals surface area contributed by atoms with Crippen LogP contribution in [0.4, 0.5) is 0 Å². The van der Waals surface area contributed by atoms with E-state index in [-0.39, 0.29) is 11.9 Å². The predicted octanol–water partition coefficient (Wildman–Crippen LogP) is 4.28. The zero-order valence-electron chi connectivity index (χ0n) is 11.8. The van der Waals surface area contributed by atoms with Gasteiger partial charge in [0.1, 0.15) is 5.82 Å². The van der Waals surface area contributed by atoms with E-state index in [0.717, 1.165) is 25.5 Å². The number of carbonyl (C=O) groups excluding carboxylic acids is 1. The number of carbonyl (C=O) groups is 1. The largest absolute Gasteiger partial charge is 0.343 e. The number of hydrogen-bond acceptors (Lipinski definition) is 3. The van der Waals surface area contributed by atoms with Crippen molar-refractivity contribution in [1.29, 1.82) is 0 Å². The number of aromatic amines is 1. The van der Waals surface area contributed by atoms with E-state index in [2.05, 4.69) is 31.2 Å². The maximum Gasteiger partial charge on any atom is 0.244 e. The molecule has 0 spiro atoms. The van der Waals surface area contributed by atoms with Crippen molar-refractivity contribution in [3.63, 3.8) is 0 Å². The van der Waals surface area contributed by atoms with Gasteiger partial charge in [-0.3, -0.25) is 4.79 Å². The first kappa shape index (κ1) is 15.0. The summed E-state index contributed by atoms with van der Waals surface area (Å²) < 4.78 is 1.04. The highest BCUT2D eigenvalue weighted by atomic mass is 79.9. The third-order valence-corrected chi connectivity index (χ3v) is 4.76. The topological polar surface area (TPSA) is 57.8 Å². The van der Waals surface area contributed by atoms with E-state index in [1.807, 2.05) is 43.3 Å². The van der Waals surface area contributed by atoms with Crippen LogP contribution in [-0.2, 0) is 4.79 Å². The van der Waals surface area contributed by atoms with Crippen molar-refractivity contribution in [2.75, 3.05) is 0 Å². The smallest absolute Gasteiger partial charge is 0.244 e. The molecule has 0 saturated heterocycles. The molecule has 6 heteroatoms. The van der Waals surface area contributed by atoms with E-state index in [1.165, 1.54) is 6.08 Å². The molecular formula is C16H14BrN3OS. The van der Waals surface area contributed by atoms with Gasteiger partial charge >= 0.3 is 0 Å². The number of rotatable bonds is 4. The van der Waals surface area contributed by atoms with E-state index in [9.17, 15) is 4.79 Å². The van der Waals surface area contributed by atoms with E-state index < -0.39 is 0 Å². The molecule has 1 aromatic carbocycles. The average Bonchev–Trinajstić information content (AvgIpc) is 3.11. The summed E-state index contributed by atoms with van der Waals surface area (Å²) in [5, 5.41) is 2.91. The lowest BCUT2D eigenvalue weighted by molar-refractivity contribution is -0.117. The van der Waals surface area contributed by atoms with Gasteiger partial charge in [-0.1, -0.05) is 12.1 Å². The molecule has 0 radical (unpaired) electrons. The van der Waals surface area contributed by atoms with E-state index >= 15 is 0 Å². The van der Waals surface area contributed by atoms with Gasteiger partial charge in [0.15, 0.2) is 0 Å². The summed E-state index contributed by atoms with van der Waals surface area (Å²) in [6, 6.07) is 11.5. The Morgan fingerprint density at radius 3 is 2.91 bits per heavy atom. The van der Waals surface area contributed by atoms with Crippen LogP contribution >= 0.6 is 27.3 Å². The van der Waals surface area contributed by atoms with Crippen LogP contribution < -0.4 is 5.32 Å². The summed E-state index contributed by atoms with van der Waals surface area (Å²) in [5.74, 6) is 0.610. The molecule has 0 aliphatic carbocycles. The molecule has 4 nitrogen and oxygen atoms in total. The first-order valence-electron chi connectivity index (χ1n) is 6.80. The molecule has 0 bridgehead atoms. The number of amides is 1. The second-order valence-corrected chi connectivity index (χ2v) is 7.34. The second kappa shape index (κ2) is 6.46. The standard InChI is InChI=1S/C16H14BrN3OS/c1-10(16-19-12-4-2-3-5-13(12)20-16)18-15(21)9-7-11-6-8-14(17)22-11/h2-10H,1H3,(H,18,21)(H,19,20)/b9-7+. The summed E-state index contributed by atoms with van der Waals surface area (Å²) in [5.41, 5.74) is 1.87. The van der Waals surface area contributed by atoms with E-state index in [4.69, 9.17) is 0 Å². The predicted molar refractivity (Wildman–Crippen MR) is 93.7 cm³/mol. The molecule has 22 heavy (non-hydrogen) atoms. The summed E-state index contributed by atoms with van der Waals surface area (Å²) in [6.07, 6.45) is 3.34. The molecule has 2 aromatic heterocycles. The molecule has 1 atom stereocenters. The highest BCUT2D eigenvalue weighted by molar-refractivity contribution is 9.11. The SMILES string of the molecule is CC(NC(=O)/C=C/c1ccc(Br)s1)c1nc2ccccc2[nH]1. The van der Waals surface area contributed by atoms with Crippen LogP contribution in [0.2, 0.25) is 0 Å². The number of hydrogen-bond donors (Lipinski definition) is 2. The van der Waals surface area contributed by atoms with Gasteiger partial charge in [-0.05, 0) is 53.2 Å². The zero-order chi connectivity index (χ0) is 15.5. The van der Waals surface area contributed by atoms with Crippen molar-refractivity contribution in [3.05, 3.63) is 57.0 Å². The number of H-pyrrole nitrogens is 1. The second-order valence-electron chi connectivity index (χ2n) is 4.84. The Bertz CT molecular complexity index is 804. The minimum absolute atomic E-state index is 0.141. The number of aromatic nitrogens is 2. The Labute approximate surface area is 140 Å². The van der Waals surface area contributed by atoms with Gasteiger partial charge in [0, 0.05) is 11.0 Å². The Balaban J connectivity index is 1.66. The molecule has 112 valence electrons. The third-order valence-electron chi connectivity index (χ3n) is 3.17. The highest BCUT2D eigenvalue weighted by Crippen LogP contribution is 2.23. The summed E-state index contributed by atoms with van der Waals surface area (Å²) in [4.78, 5) is 20.7. The van der Waals surface area contributed by atoms with E-state index in [1.54, 1.807) is 17.4 Å². The molecule has 0 aliphatic heterocycles. The first-order valence-corrected chi connectivity index (χ1v) is 8.41. The maximum atomic E-state index is 12.0. The van der Waals surface area contributed by atoms with Crippen molar-refractivity contribution in [3.8, 4) is 0 Å². The molecule has 0 saturated carbocycles. The summed E-state index contributed by atoms with van der Waals surface area (Å²) in [6.45, 7) is 1.91. The fraction of sp³-hybridized carbons (Fsp3) is 0.125. The van der Waals surface area contributed by atoms with Crippen LogP contribution in [0.25, 0.3) is 17.1 Å². The number of nitrogens with one attached hydrogen (secondary N) is 2. The van der Waals surface area contributed by atoms with Crippen molar-refractivity contribution in [2.24, 2.45) is 0 Å². The quantitative estimate of drug-likeness (QED) is 0.668. The normalized spacial score (nSPS) is 12.8. The van der Waals surface area contributed by atoms with Crippen LogP contribution in [0.5, 0.6) is 0 Å². The lowest BCUT2D eigenvalue weighted by atomic mass is 10.3. The monoisotopic (exact) mass is 375 g/mol. The summed E-state index contributed by atoms with van der Waals surface area (Å²) >= 11 is 4.98. The van der Waals surface area contributed by atoms with Crippen LogP contribution in [0.3, 0.4) is 0 Å². The lowest BCUT2D eigenvalue weighted by Gasteiger charge is -2.08. The van der Waals surface area contributed by atoms with Crippen molar-refractivity contribution >= 4 is 50.3 Å². The van der Waals surface area contributed by atoms with Gasteiger partial charge < -0.3 is 10.3 Å². The van der Waals surface area contributed by atoms with Gasteiger partial charge in [-0.25, -0.2) is 4.98 Å². The number of thiophene rings is 1. The molecule has 0 fully saturated rings. The Hall–Kier alpha value is -1.92. The van der Waals surface area contributed by atoms with Gasteiger partial charge in [-0.2, -0.15) is 0 Å². The molecular weight excluding hydrogens is 362 g/mol. The van der Waals surface area contributed by atoms with E-state index in [0.29, 0.717) is 0 Å². The molecule has 1 amide bonds. The highest BCUT2D eigenvalue weighted by Gasteiger charge is 2.12. The Kier molecular flexibility index (Phi) is 4.40. The van der Waals surface area contributed by atoms with Gasteiger partial charge in [0.2, 0.25) is 5.91 Å². The number of nitrogens with zero attached hydrogens (tertiary/aromatic N) is 1. The van der Waals surface area contributed by atoms with Crippen molar-refractivity contribution < 1.29 is 4.79 Å².